The van der Waals surface area contributed by atoms with Crippen molar-refractivity contribution in [3.63, 3.8) is 0 Å². The molecule has 1 saturated heterocycles. The van der Waals surface area contributed by atoms with Gasteiger partial charge in [0.25, 0.3) is 0 Å². The van der Waals surface area contributed by atoms with E-state index >= 15 is 0 Å². The van der Waals surface area contributed by atoms with Gasteiger partial charge in [0.05, 0.1) is 18.4 Å². The van der Waals surface area contributed by atoms with Crippen LogP contribution in [0, 0.1) is 11.8 Å². The molecule has 1 saturated carbocycles. The molecule has 0 aromatic heterocycles. The van der Waals surface area contributed by atoms with Crippen LogP contribution in [-0.4, -0.2) is 30.3 Å². The van der Waals surface area contributed by atoms with E-state index in [9.17, 15) is 9.59 Å². The summed E-state index contributed by atoms with van der Waals surface area (Å²) in [6.45, 7) is 0.661. The normalized spacial score (nSPS) is 27.2. The molecule has 3 aliphatic carbocycles. The molecule has 0 spiro atoms. The zero-order valence-corrected chi connectivity index (χ0v) is 22.1. The number of nitrogens with one attached hydrogen (secondary N) is 2. The molecule has 3 unspecified atom stereocenters. The smallest absolute Gasteiger partial charge is 0.224 e. The van der Waals surface area contributed by atoms with E-state index in [2.05, 4.69) is 59.2 Å². The Kier molecular flexibility index (Phi) is 8.88. The molecule has 5 rings (SSSR count). The van der Waals surface area contributed by atoms with Crippen molar-refractivity contribution in [2.75, 3.05) is 6.54 Å². The Bertz CT molecular complexity index is 1070. The van der Waals surface area contributed by atoms with Crippen LogP contribution < -0.4 is 10.6 Å². The first kappa shape index (κ1) is 25.9. The van der Waals surface area contributed by atoms with Gasteiger partial charge in [0.15, 0.2) is 5.78 Å². The van der Waals surface area contributed by atoms with Crippen molar-refractivity contribution in [3.8, 4) is 0 Å². The van der Waals surface area contributed by atoms with Crippen LogP contribution in [0.1, 0.15) is 75.3 Å². The minimum Gasteiger partial charge on any atom is -0.356 e. The Labute approximate surface area is 222 Å². The van der Waals surface area contributed by atoms with Gasteiger partial charge >= 0.3 is 0 Å². The minimum atomic E-state index is -0.101. The summed E-state index contributed by atoms with van der Waals surface area (Å²) in [6, 6.07) is 8.69. The van der Waals surface area contributed by atoms with Crippen LogP contribution in [-0.2, 0) is 22.4 Å². The molecule has 2 fully saturated rings. The first-order valence-electron chi connectivity index (χ1n) is 14.6. The molecule has 4 heteroatoms. The number of hydrogen-bond acceptors (Lipinski definition) is 3. The standard InChI is InChI=1S/C33H42N2O2/c36-30(23-26-17-15-25(16-18-26)22-24-10-4-2-1-3-5-11-24)34-21-9-8-14-29-33(37)31-27-12-6-7-13-28(20-19-27)32(31)35-29/h6-7,12-13,15-20,24,29,31-32,35H,1-5,8-11,14,21-23H2,(H,34,36)/b7-6?,12-6-,13-7-,27-12?,28-13?. The molecule has 37 heavy (non-hydrogen) atoms. The van der Waals surface area contributed by atoms with Gasteiger partial charge in [-0.15, -0.1) is 0 Å². The highest BCUT2D eigenvalue weighted by atomic mass is 16.1. The number of unbranched alkanes of at least 4 members (excludes halogenated alkanes) is 1. The first-order chi connectivity index (χ1) is 18.2. The van der Waals surface area contributed by atoms with E-state index in [0.29, 0.717) is 18.7 Å². The Morgan fingerprint density at radius 1 is 0.865 bits per heavy atom. The fourth-order valence-electron chi connectivity index (χ4n) is 6.52. The van der Waals surface area contributed by atoms with Gasteiger partial charge < -0.3 is 5.32 Å². The van der Waals surface area contributed by atoms with Gasteiger partial charge in [0.1, 0.15) is 0 Å². The number of benzene rings is 1. The number of rotatable bonds is 9. The topological polar surface area (TPSA) is 58.2 Å². The maximum Gasteiger partial charge on any atom is 0.224 e. The summed E-state index contributed by atoms with van der Waals surface area (Å²) < 4.78 is 0. The zero-order chi connectivity index (χ0) is 25.5. The molecule has 2 N–H and O–H groups in total. The third kappa shape index (κ3) is 6.78. The van der Waals surface area contributed by atoms with Crippen LogP contribution >= 0.6 is 0 Å². The van der Waals surface area contributed by atoms with Crippen LogP contribution in [0.3, 0.4) is 0 Å². The summed E-state index contributed by atoms with van der Waals surface area (Å²) in [5.74, 6) is 1.15. The Hall–Kier alpha value is -2.72. The Balaban J connectivity index is 0.996. The number of hydrogen-bond donors (Lipinski definition) is 2. The summed E-state index contributed by atoms with van der Waals surface area (Å²) in [7, 11) is 0. The highest BCUT2D eigenvalue weighted by Gasteiger charge is 2.44. The molecular weight excluding hydrogens is 456 g/mol. The fourth-order valence-corrected chi connectivity index (χ4v) is 6.52. The lowest BCUT2D eigenvalue weighted by atomic mass is 9.80. The summed E-state index contributed by atoms with van der Waals surface area (Å²) in [5.41, 5.74) is 4.78. The van der Waals surface area contributed by atoms with Crippen LogP contribution in [0.25, 0.3) is 0 Å². The van der Waals surface area contributed by atoms with E-state index in [-0.39, 0.29) is 23.9 Å². The number of Topliss-reactive ketones (excluding diaryl/α,β-unsaturated/α-hetero) is 1. The van der Waals surface area contributed by atoms with E-state index in [4.69, 9.17) is 0 Å². The van der Waals surface area contributed by atoms with Crippen LogP contribution in [0.15, 0.2) is 71.9 Å². The van der Waals surface area contributed by atoms with Gasteiger partial charge in [-0.1, -0.05) is 106 Å². The highest BCUT2D eigenvalue weighted by molar-refractivity contribution is 5.93. The van der Waals surface area contributed by atoms with Crippen molar-refractivity contribution in [1.82, 2.24) is 10.6 Å². The fraction of sp³-hybridized carbons (Fsp3) is 0.515. The lowest BCUT2D eigenvalue weighted by Gasteiger charge is -2.25. The van der Waals surface area contributed by atoms with Crippen LogP contribution in [0.5, 0.6) is 0 Å². The molecule has 196 valence electrons. The number of fused-ring (bicyclic) bond motifs is 4. The summed E-state index contributed by atoms with van der Waals surface area (Å²) >= 11 is 0. The molecule has 1 aromatic rings. The zero-order valence-electron chi connectivity index (χ0n) is 22.1. The summed E-state index contributed by atoms with van der Waals surface area (Å²) in [6.07, 6.45) is 26.4. The van der Waals surface area contributed by atoms with Crippen LogP contribution in [0.4, 0.5) is 0 Å². The van der Waals surface area contributed by atoms with Gasteiger partial charge in [0.2, 0.25) is 5.91 Å². The van der Waals surface area contributed by atoms with E-state index < -0.39 is 0 Å². The van der Waals surface area contributed by atoms with Crippen molar-refractivity contribution < 1.29 is 9.59 Å². The lowest BCUT2D eigenvalue weighted by Crippen LogP contribution is -2.34. The largest absolute Gasteiger partial charge is 0.356 e. The second-order valence-corrected chi connectivity index (χ2v) is 11.4. The second-order valence-electron chi connectivity index (χ2n) is 11.4. The van der Waals surface area contributed by atoms with Gasteiger partial charge in [-0.3, -0.25) is 14.9 Å². The number of carbonyl (C=O) groups excluding carboxylic acids is 2. The Morgan fingerprint density at radius 3 is 2.32 bits per heavy atom. The van der Waals surface area contributed by atoms with Crippen molar-refractivity contribution in [2.45, 2.75) is 89.1 Å². The average Bonchev–Trinajstić information content (AvgIpc) is 3.18. The maximum absolute atomic E-state index is 13.1. The first-order valence-corrected chi connectivity index (χ1v) is 14.6. The van der Waals surface area contributed by atoms with Crippen molar-refractivity contribution in [1.29, 1.82) is 0 Å². The van der Waals surface area contributed by atoms with E-state index in [1.807, 2.05) is 12.2 Å². The van der Waals surface area contributed by atoms with E-state index in [1.54, 1.807) is 0 Å². The number of allylic oxidation sites excluding steroid dienone is 5. The molecule has 3 atom stereocenters. The molecule has 4 nitrogen and oxygen atoms in total. The van der Waals surface area contributed by atoms with E-state index in [1.165, 1.54) is 62.5 Å². The molecular formula is C33H42N2O2. The molecule has 1 heterocycles. The van der Waals surface area contributed by atoms with Gasteiger partial charge in [-0.05, 0) is 53.9 Å². The number of carbonyl (C=O) groups is 2. The van der Waals surface area contributed by atoms with Crippen molar-refractivity contribution in [2.24, 2.45) is 11.8 Å². The number of amides is 1. The SMILES string of the molecule is O=C(Cc1ccc(CC2CCCCCCC2)cc1)NCCCCC1NC2C3=CC=C(/C=C\C=C/3)C2C1=O. The van der Waals surface area contributed by atoms with Gasteiger partial charge in [-0.2, -0.15) is 0 Å². The van der Waals surface area contributed by atoms with E-state index in [0.717, 1.165) is 36.3 Å². The second kappa shape index (κ2) is 12.7. The molecule has 1 aromatic carbocycles. The molecule has 0 radical (unpaired) electrons. The van der Waals surface area contributed by atoms with Crippen LogP contribution in [0.2, 0.25) is 0 Å². The maximum atomic E-state index is 13.1. The average molecular weight is 499 g/mol. The van der Waals surface area contributed by atoms with Gasteiger partial charge in [0, 0.05) is 12.6 Å². The van der Waals surface area contributed by atoms with Crippen molar-refractivity contribution >= 4 is 11.7 Å². The quantitative estimate of drug-likeness (QED) is 0.415. The monoisotopic (exact) mass is 498 g/mol. The minimum absolute atomic E-state index is 0.0611. The highest BCUT2D eigenvalue weighted by Crippen LogP contribution is 2.36. The Morgan fingerprint density at radius 2 is 1.54 bits per heavy atom. The molecule has 1 aliphatic heterocycles. The van der Waals surface area contributed by atoms with Crippen molar-refractivity contribution in [3.05, 3.63) is 83.0 Å². The third-order valence-electron chi connectivity index (χ3n) is 8.62. The predicted molar refractivity (Wildman–Crippen MR) is 150 cm³/mol. The molecule has 4 aliphatic rings. The summed E-state index contributed by atoms with van der Waals surface area (Å²) in [5, 5.41) is 6.65. The molecule has 2 bridgehead atoms. The molecule has 1 amide bonds. The third-order valence-corrected chi connectivity index (χ3v) is 8.62. The predicted octanol–water partition coefficient (Wildman–Crippen LogP) is 5.94. The number of ketones is 1. The van der Waals surface area contributed by atoms with Gasteiger partial charge in [-0.25, -0.2) is 0 Å². The lowest BCUT2D eigenvalue weighted by molar-refractivity contribution is -0.121. The summed E-state index contributed by atoms with van der Waals surface area (Å²) in [4.78, 5) is 25.5.